The molecule has 136 valence electrons. The molecule has 0 bridgehead atoms. The van der Waals surface area contributed by atoms with E-state index in [9.17, 15) is 14.9 Å². The van der Waals surface area contributed by atoms with Crippen molar-refractivity contribution in [3.8, 4) is 0 Å². The van der Waals surface area contributed by atoms with E-state index in [1.54, 1.807) is 4.90 Å². The Kier molecular flexibility index (Phi) is 5.68. The Balaban J connectivity index is 1.89. The molecule has 3 aromatic rings. The number of halogens is 1. The molecule has 0 aliphatic rings. The fourth-order valence-corrected chi connectivity index (χ4v) is 2.72. The highest BCUT2D eigenvalue weighted by molar-refractivity contribution is 6.34. The van der Waals surface area contributed by atoms with Crippen LogP contribution in [0.3, 0.4) is 0 Å². The van der Waals surface area contributed by atoms with Gasteiger partial charge in [-0.05, 0) is 23.8 Å². The fraction of sp³-hybridized carbons (Fsp3) is 0.0500. The van der Waals surface area contributed by atoms with Gasteiger partial charge in [0.1, 0.15) is 0 Å². The van der Waals surface area contributed by atoms with E-state index in [1.165, 1.54) is 18.2 Å². The number of anilines is 2. The van der Waals surface area contributed by atoms with Crippen LogP contribution in [-0.4, -0.2) is 11.0 Å². The standard InChI is InChI=1S/C20H16ClN3O3/c21-18-12-11-17(24(26)27)13-19(18)22-20(25)23(16-9-5-2-6-10-16)14-15-7-3-1-4-8-15/h1-13H,14H2,(H,22,25). The third-order valence-corrected chi connectivity index (χ3v) is 4.23. The Morgan fingerprint density at radius 3 is 2.26 bits per heavy atom. The molecule has 27 heavy (non-hydrogen) atoms. The van der Waals surface area contributed by atoms with E-state index in [-0.39, 0.29) is 16.4 Å². The number of carbonyl (C=O) groups is 1. The minimum Gasteiger partial charge on any atom is -0.306 e. The molecule has 0 unspecified atom stereocenters. The highest BCUT2D eigenvalue weighted by atomic mass is 35.5. The zero-order chi connectivity index (χ0) is 19.2. The van der Waals surface area contributed by atoms with E-state index >= 15 is 0 Å². The number of amides is 2. The summed E-state index contributed by atoms with van der Waals surface area (Å²) >= 11 is 6.10. The Morgan fingerprint density at radius 1 is 1.00 bits per heavy atom. The van der Waals surface area contributed by atoms with Crippen molar-refractivity contribution in [1.82, 2.24) is 0 Å². The van der Waals surface area contributed by atoms with E-state index in [4.69, 9.17) is 11.6 Å². The number of hydrogen-bond donors (Lipinski definition) is 1. The van der Waals surface area contributed by atoms with Gasteiger partial charge in [0.15, 0.2) is 0 Å². The summed E-state index contributed by atoms with van der Waals surface area (Å²) in [7, 11) is 0. The van der Waals surface area contributed by atoms with Gasteiger partial charge in [-0.2, -0.15) is 0 Å². The lowest BCUT2D eigenvalue weighted by Gasteiger charge is -2.23. The highest BCUT2D eigenvalue weighted by Gasteiger charge is 2.19. The summed E-state index contributed by atoms with van der Waals surface area (Å²) in [5, 5.41) is 13.9. The van der Waals surface area contributed by atoms with Crippen LogP contribution in [0.1, 0.15) is 5.56 Å². The quantitative estimate of drug-likeness (QED) is 0.469. The van der Waals surface area contributed by atoms with Crippen molar-refractivity contribution in [2.45, 2.75) is 6.54 Å². The second-order valence-corrected chi connectivity index (χ2v) is 6.17. The first-order chi connectivity index (χ1) is 13.0. The summed E-state index contributed by atoms with van der Waals surface area (Å²) in [5.41, 5.74) is 1.68. The Bertz CT molecular complexity index is 949. The van der Waals surface area contributed by atoms with Crippen molar-refractivity contribution < 1.29 is 9.72 Å². The van der Waals surface area contributed by atoms with Crippen LogP contribution >= 0.6 is 11.6 Å². The zero-order valence-electron chi connectivity index (χ0n) is 14.2. The van der Waals surface area contributed by atoms with Gasteiger partial charge in [-0.15, -0.1) is 0 Å². The molecule has 0 fully saturated rings. The first-order valence-corrected chi connectivity index (χ1v) is 8.54. The predicted octanol–water partition coefficient (Wildman–Crippen LogP) is 5.49. The van der Waals surface area contributed by atoms with Crippen LogP contribution in [0.15, 0.2) is 78.9 Å². The Hall–Kier alpha value is -3.38. The topological polar surface area (TPSA) is 75.5 Å². The summed E-state index contributed by atoms with van der Waals surface area (Å²) in [5.74, 6) is 0. The minimum absolute atomic E-state index is 0.149. The molecule has 7 heteroatoms. The molecule has 2 amide bonds. The summed E-state index contributed by atoms with van der Waals surface area (Å²) in [4.78, 5) is 24.9. The molecule has 6 nitrogen and oxygen atoms in total. The average molecular weight is 382 g/mol. The van der Waals surface area contributed by atoms with Crippen LogP contribution in [0.4, 0.5) is 21.9 Å². The van der Waals surface area contributed by atoms with Crippen molar-refractivity contribution in [1.29, 1.82) is 0 Å². The number of benzene rings is 3. The van der Waals surface area contributed by atoms with Crippen LogP contribution in [-0.2, 0) is 6.54 Å². The second-order valence-electron chi connectivity index (χ2n) is 5.76. The van der Waals surface area contributed by atoms with Crippen LogP contribution in [0.5, 0.6) is 0 Å². The van der Waals surface area contributed by atoms with Crippen LogP contribution < -0.4 is 10.2 Å². The number of nitro benzene ring substituents is 1. The van der Waals surface area contributed by atoms with E-state index in [0.29, 0.717) is 12.2 Å². The van der Waals surface area contributed by atoms with E-state index in [1.807, 2.05) is 60.7 Å². The highest BCUT2D eigenvalue weighted by Crippen LogP contribution is 2.28. The number of hydrogen-bond acceptors (Lipinski definition) is 3. The van der Waals surface area contributed by atoms with Gasteiger partial charge >= 0.3 is 6.03 Å². The molecule has 0 saturated heterocycles. The second kappa shape index (κ2) is 8.33. The minimum atomic E-state index is -0.537. The molecule has 0 aliphatic carbocycles. The number of nitrogens with one attached hydrogen (secondary N) is 1. The van der Waals surface area contributed by atoms with Crippen LogP contribution in [0, 0.1) is 10.1 Å². The van der Waals surface area contributed by atoms with Gasteiger partial charge in [0.05, 0.1) is 22.2 Å². The van der Waals surface area contributed by atoms with Crippen molar-refractivity contribution in [3.05, 3.63) is 99.6 Å². The van der Waals surface area contributed by atoms with Gasteiger partial charge < -0.3 is 5.32 Å². The molecule has 3 aromatic carbocycles. The summed E-state index contributed by atoms with van der Waals surface area (Å²) in [6.07, 6.45) is 0. The molecule has 0 aromatic heterocycles. The Morgan fingerprint density at radius 2 is 1.63 bits per heavy atom. The SMILES string of the molecule is O=C(Nc1cc([N+](=O)[O-])ccc1Cl)N(Cc1ccccc1)c1ccccc1. The maximum atomic E-state index is 12.9. The Labute approximate surface area is 161 Å². The first-order valence-electron chi connectivity index (χ1n) is 8.16. The van der Waals surface area contributed by atoms with E-state index in [0.717, 1.165) is 5.56 Å². The van der Waals surface area contributed by atoms with Crippen molar-refractivity contribution in [2.75, 3.05) is 10.2 Å². The fourth-order valence-electron chi connectivity index (χ4n) is 2.56. The zero-order valence-corrected chi connectivity index (χ0v) is 15.0. The lowest BCUT2D eigenvalue weighted by atomic mass is 10.2. The third kappa shape index (κ3) is 4.62. The first kappa shape index (κ1) is 18.4. The van der Waals surface area contributed by atoms with Gasteiger partial charge in [0.25, 0.3) is 5.69 Å². The summed E-state index contributed by atoms with van der Waals surface area (Å²) < 4.78 is 0. The molecule has 0 aliphatic heterocycles. The van der Waals surface area contributed by atoms with Crippen molar-refractivity contribution >= 4 is 34.7 Å². The number of para-hydroxylation sites is 1. The molecule has 3 rings (SSSR count). The molecule has 1 N–H and O–H groups in total. The number of non-ortho nitro benzene ring substituents is 1. The number of carbonyl (C=O) groups excluding carboxylic acids is 1. The van der Waals surface area contributed by atoms with Crippen LogP contribution in [0.25, 0.3) is 0 Å². The smallest absolute Gasteiger partial charge is 0.306 e. The van der Waals surface area contributed by atoms with Gasteiger partial charge in [0.2, 0.25) is 0 Å². The molecule has 0 heterocycles. The molecular weight excluding hydrogens is 366 g/mol. The maximum Gasteiger partial charge on any atom is 0.326 e. The molecule has 0 radical (unpaired) electrons. The van der Waals surface area contributed by atoms with Crippen LogP contribution in [0.2, 0.25) is 5.02 Å². The molecule has 0 atom stereocenters. The van der Waals surface area contributed by atoms with Crippen molar-refractivity contribution in [2.24, 2.45) is 0 Å². The van der Waals surface area contributed by atoms with Crippen molar-refractivity contribution in [3.63, 3.8) is 0 Å². The lowest BCUT2D eigenvalue weighted by molar-refractivity contribution is -0.384. The molecule has 0 spiro atoms. The van der Waals surface area contributed by atoms with E-state index in [2.05, 4.69) is 5.32 Å². The van der Waals surface area contributed by atoms with E-state index < -0.39 is 11.0 Å². The maximum absolute atomic E-state index is 12.9. The molecular formula is C20H16ClN3O3. The monoisotopic (exact) mass is 381 g/mol. The van der Waals surface area contributed by atoms with Gasteiger partial charge in [0, 0.05) is 17.8 Å². The van der Waals surface area contributed by atoms with Gasteiger partial charge in [-0.3, -0.25) is 15.0 Å². The number of nitro groups is 1. The lowest BCUT2D eigenvalue weighted by Crippen LogP contribution is -2.34. The van der Waals surface area contributed by atoms with Gasteiger partial charge in [-0.1, -0.05) is 60.1 Å². The average Bonchev–Trinajstić information content (AvgIpc) is 2.69. The molecule has 0 saturated carbocycles. The predicted molar refractivity (Wildman–Crippen MR) is 106 cm³/mol. The normalized spacial score (nSPS) is 10.3. The number of urea groups is 1. The van der Waals surface area contributed by atoms with Gasteiger partial charge in [-0.25, -0.2) is 4.79 Å². The summed E-state index contributed by atoms with van der Waals surface area (Å²) in [6.45, 7) is 0.337. The summed E-state index contributed by atoms with van der Waals surface area (Å²) in [6, 6.07) is 22.2. The number of nitrogens with zero attached hydrogens (tertiary/aromatic N) is 2. The third-order valence-electron chi connectivity index (χ3n) is 3.90. The number of rotatable bonds is 5. The largest absolute Gasteiger partial charge is 0.326 e.